The Hall–Kier alpha value is -1.76. The van der Waals surface area contributed by atoms with Gasteiger partial charge in [-0.2, -0.15) is 0 Å². The summed E-state index contributed by atoms with van der Waals surface area (Å²) < 4.78 is 12.8. The fourth-order valence-electron chi connectivity index (χ4n) is 1.49. The Morgan fingerprint density at radius 3 is 2.30 bits per heavy atom. The largest absolute Gasteiger partial charge is 0.494 e. The first-order valence-electron chi connectivity index (χ1n) is 6.50. The first-order chi connectivity index (χ1) is 9.79. The molecule has 0 saturated carbocycles. The molecule has 1 heterocycles. The van der Waals surface area contributed by atoms with E-state index in [1.807, 2.05) is 31.3 Å². The Morgan fingerprint density at radius 2 is 1.75 bits per heavy atom. The molecule has 1 aromatic carbocycles. The Morgan fingerprint density at radius 1 is 1.10 bits per heavy atom. The van der Waals surface area contributed by atoms with Crippen LogP contribution in [0.4, 0.5) is 0 Å². The zero-order valence-electron chi connectivity index (χ0n) is 11.7. The molecule has 0 fully saturated rings. The van der Waals surface area contributed by atoms with E-state index in [-0.39, 0.29) is 0 Å². The third-order valence-electron chi connectivity index (χ3n) is 2.46. The molecule has 0 aliphatic heterocycles. The summed E-state index contributed by atoms with van der Waals surface area (Å²) in [5.74, 6) is 2.51. The highest BCUT2D eigenvalue weighted by atomic mass is 32.2. The van der Waals surface area contributed by atoms with Crippen molar-refractivity contribution in [3.05, 3.63) is 24.3 Å². The molecule has 108 valence electrons. The van der Waals surface area contributed by atoms with Crippen LogP contribution in [0, 0.1) is 0 Å². The lowest BCUT2D eigenvalue weighted by Gasteiger charge is -2.07. The highest BCUT2D eigenvalue weighted by Crippen LogP contribution is 2.18. The average Bonchev–Trinajstić information content (AvgIpc) is 2.88. The van der Waals surface area contributed by atoms with E-state index in [0.717, 1.165) is 35.4 Å². The van der Waals surface area contributed by atoms with Gasteiger partial charge in [-0.05, 0) is 41.1 Å². The Balaban J connectivity index is 1.70. The van der Waals surface area contributed by atoms with Crippen molar-refractivity contribution >= 4 is 11.8 Å². The summed E-state index contributed by atoms with van der Waals surface area (Å²) in [7, 11) is 1.82. The van der Waals surface area contributed by atoms with Gasteiger partial charge >= 0.3 is 0 Å². The first kappa shape index (κ1) is 14.6. The standard InChI is InChI=1S/C13H18N4O2S/c1-3-8-18-11-4-6-12(7-5-11)19-9-10-20-13-14-15-16-17(13)2/h4-7H,3,8-10H2,1-2H3. The van der Waals surface area contributed by atoms with Crippen LogP contribution in [0.5, 0.6) is 11.5 Å². The maximum absolute atomic E-state index is 5.65. The zero-order chi connectivity index (χ0) is 14.2. The van der Waals surface area contributed by atoms with Crippen LogP contribution in [0.2, 0.25) is 0 Å². The van der Waals surface area contributed by atoms with Crippen molar-refractivity contribution in [3.8, 4) is 11.5 Å². The molecule has 7 heteroatoms. The smallest absolute Gasteiger partial charge is 0.209 e. The van der Waals surface area contributed by atoms with Crippen molar-refractivity contribution in [2.24, 2.45) is 7.05 Å². The van der Waals surface area contributed by atoms with E-state index < -0.39 is 0 Å². The number of ether oxygens (including phenoxy) is 2. The molecule has 0 amide bonds. The lowest BCUT2D eigenvalue weighted by molar-refractivity contribution is 0.314. The predicted octanol–water partition coefficient (Wildman–Crippen LogP) is 2.17. The molecule has 2 aromatic rings. The van der Waals surface area contributed by atoms with Crippen LogP contribution in [0.3, 0.4) is 0 Å². The van der Waals surface area contributed by atoms with Crippen LogP contribution >= 0.6 is 11.8 Å². The van der Waals surface area contributed by atoms with Gasteiger partial charge in [-0.15, -0.1) is 5.10 Å². The second-order valence-corrected chi connectivity index (χ2v) is 5.16. The number of benzene rings is 1. The summed E-state index contributed by atoms with van der Waals surface area (Å²) >= 11 is 1.56. The molecule has 0 unspecified atom stereocenters. The van der Waals surface area contributed by atoms with Gasteiger partial charge in [0.2, 0.25) is 5.16 Å². The maximum Gasteiger partial charge on any atom is 0.209 e. The fraction of sp³-hybridized carbons (Fsp3) is 0.462. The van der Waals surface area contributed by atoms with Gasteiger partial charge in [0.05, 0.1) is 13.2 Å². The highest BCUT2D eigenvalue weighted by Gasteiger charge is 2.02. The van der Waals surface area contributed by atoms with Gasteiger partial charge in [0.1, 0.15) is 11.5 Å². The second-order valence-electron chi connectivity index (χ2n) is 4.10. The van der Waals surface area contributed by atoms with Crippen molar-refractivity contribution in [1.82, 2.24) is 20.2 Å². The number of hydrogen-bond donors (Lipinski definition) is 0. The Labute approximate surface area is 122 Å². The van der Waals surface area contributed by atoms with Crippen molar-refractivity contribution in [1.29, 1.82) is 0 Å². The van der Waals surface area contributed by atoms with Gasteiger partial charge in [-0.3, -0.25) is 0 Å². The summed E-state index contributed by atoms with van der Waals surface area (Å²) in [6.45, 7) is 3.43. The second kappa shape index (κ2) is 7.74. The number of aryl methyl sites for hydroxylation is 1. The van der Waals surface area contributed by atoms with Gasteiger partial charge in [0.25, 0.3) is 0 Å². The number of thioether (sulfide) groups is 1. The summed E-state index contributed by atoms with van der Waals surface area (Å²) in [6, 6.07) is 7.68. The third kappa shape index (κ3) is 4.41. The van der Waals surface area contributed by atoms with Crippen LogP contribution in [-0.2, 0) is 7.05 Å². The van der Waals surface area contributed by atoms with Crippen LogP contribution in [-0.4, -0.2) is 39.2 Å². The highest BCUT2D eigenvalue weighted by molar-refractivity contribution is 7.99. The zero-order valence-corrected chi connectivity index (χ0v) is 12.5. The van der Waals surface area contributed by atoms with Crippen LogP contribution < -0.4 is 9.47 Å². The van der Waals surface area contributed by atoms with Crippen molar-refractivity contribution in [3.63, 3.8) is 0 Å². The molecule has 0 bridgehead atoms. The van der Waals surface area contributed by atoms with E-state index >= 15 is 0 Å². The molecule has 0 N–H and O–H groups in total. The topological polar surface area (TPSA) is 62.1 Å². The first-order valence-corrected chi connectivity index (χ1v) is 7.49. The quantitative estimate of drug-likeness (QED) is 0.549. The normalized spacial score (nSPS) is 10.5. The summed E-state index contributed by atoms with van der Waals surface area (Å²) in [6.07, 6.45) is 1.01. The van der Waals surface area contributed by atoms with E-state index in [1.165, 1.54) is 0 Å². The fourth-order valence-corrected chi connectivity index (χ4v) is 2.15. The van der Waals surface area contributed by atoms with Crippen molar-refractivity contribution in [2.75, 3.05) is 19.0 Å². The lowest BCUT2D eigenvalue weighted by Crippen LogP contribution is -2.02. The molecule has 0 atom stereocenters. The third-order valence-corrected chi connectivity index (χ3v) is 3.44. The van der Waals surface area contributed by atoms with E-state index in [4.69, 9.17) is 9.47 Å². The van der Waals surface area contributed by atoms with Crippen LogP contribution in [0.25, 0.3) is 0 Å². The summed E-state index contributed by atoms with van der Waals surface area (Å²) in [5, 5.41) is 12.0. The molecule has 0 aliphatic carbocycles. The van der Waals surface area contributed by atoms with Gasteiger partial charge in [-0.25, -0.2) is 4.68 Å². The minimum atomic E-state index is 0.604. The summed E-state index contributed by atoms with van der Waals surface area (Å²) in [4.78, 5) is 0. The lowest BCUT2D eigenvalue weighted by atomic mass is 10.3. The van der Waals surface area contributed by atoms with E-state index in [1.54, 1.807) is 16.4 Å². The van der Waals surface area contributed by atoms with E-state index in [2.05, 4.69) is 22.4 Å². The number of tetrazole rings is 1. The minimum absolute atomic E-state index is 0.604. The molecule has 6 nitrogen and oxygen atoms in total. The van der Waals surface area contributed by atoms with Gasteiger partial charge in [0.15, 0.2) is 0 Å². The molecular formula is C13H18N4O2S. The summed E-state index contributed by atoms with van der Waals surface area (Å²) in [5.41, 5.74) is 0. The molecule has 0 radical (unpaired) electrons. The molecule has 0 spiro atoms. The van der Waals surface area contributed by atoms with E-state index in [0.29, 0.717) is 6.61 Å². The maximum atomic E-state index is 5.65. The predicted molar refractivity (Wildman–Crippen MR) is 77.2 cm³/mol. The number of aromatic nitrogens is 4. The average molecular weight is 294 g/mol. The SMILES string of the molecule is CCCOc1ccc(OCCSc2nnnn2C)cc1. The van der Waals surface area contributed by atoms with Crippen molar-refractivity contribution < 1.29 is 9.47 Å². The molecule has 0 aliphatic rings. The number of nitrogens with zero attached hydrogens (tertiary/aromatic N) is 4. The molecule has 1 aromatic heterocycles. The Kier molecular flexibility index (Phi) is 5.67. The van der Waals surface area contributed by atoms with Gasteiger partial charge in [-0.1, -0.05) is 18.7 Å². The molecular weight excluding hydrogens is 276 g/mol. The van der Waals surface area contributed by atoms with Gasteiger partial charge in [0, 0.05) is 12.8 Å². The van der Waals surface area contributed by atoms with Crippen LogP contribution in [0.15, 0.2) is 29.4 Å². The minimum Gasteiger partial charge on any atom is -0.494 e. The monoisotopic (exact) mass is 294 g/mol. The number of hydrogen-bond acceptors (Lipinski definition) is 6. The van der Waals surface area contributed by atoms with Crippen molar-refractivity contribution in [2.45, 2.75) is 18.5 Å². The Bertz CT molecular complexity index is 515. The molecule has 0 saturated heterocycles. The van der Waals surface area contributed by atoms with E-state index in [9.17, 15) is 0 Å². The van der Waals surface area contributed by atoms with Gasteiger partial charge < -0.3 is 9.47 Å². The molecule has 2 rings (SSSR count). The van der Waals surface area contributed by atoms with Crippen LogP contribution in [0.1, 0.15) is 13.3 Å². The molecule has 20 heavy (non-hydrogen) atoms. The number of rotatable bonds is 8.